The van der Waals surface area contributed by atoms with E-state index in [0.29, 0.717) is 16.5 Å². The van der Waals surface area contributed by atoms with Crippen LogP contribution in [0.15, 0.2) is 60.8 Å². The molecule has 2 aromatic carbocycles. The Hall–Kier alpha value is -3.20. The molecule has 2 aromatic heterocycles. The number of rotatable bonds is 4. The lowest BCUT2D eigenvalue weighted by Gasteiger charge is -2.13. The second-order valence-corrected chi connectivity index (χ2v) is 8.11. The molecule has 1 fully saturated rings. The molecule has 0 saturated carbocycles. The van der Waals surface area contributed by atoms with Gasteiger partial charge in [0.2, 0.25) is 0 Å². The summed E-state index contributed by atoms with van der Waals surface area (Å²) in [6.07, 6.45) is 3.01. The molecule has 4 aromatic rings. The summed E-state index contributed by atoms with van der Waals surface area (Å²) in [7, 11) is 0. The molecule has 1 saturated heterocycles. The van der Waals surface area contributed by atoms with E-state index in [2.05, 4.69) is 27.2 Å². The lowest BCUT2D eigenvalue weighted by Crippen LogP contribution is -2.15. The van der Waals surface area contributed by atoms with E-state index in [1.807, 2.05) is 54.7 Å². The second kappa shape index (κ2) is 7.91. The molecule has 1 unspecified atom stereocenters. The van der Waals surface area contributed by atoms with Gasteiger partial charge < -0.3 is 5.32 Å². The molecular weight excluding hydrogens is 394 g/mol. The summed E-state index contributed by atoms with van der Waals surface area (Å²) in [5.41, 5.74) is 6.45. The number of nitrogens with zero attached hydrogens (tertiary/aromatic N) is 4. The molecule has 3 heterocycles. The molecule has 0 spiro atoms. The molecule has 30 heavy (non-hydrogen) atoms. The molecule has 0 radical (unpaired) electrons. The van der Waals surface area contributed by atoms with Crippen molar-refractivity contribution in [2.75, 3.05) is 13.1 Å². The van der Waals surface area contributed by atoms with E-state index in [0.717, 1.165) is 53.1 Å². The van der Waals surface area contributed by atoms with E-state index in [-0.39, 0.29) is 0 Å². The van der Waals surface area contributed by atoms with Crippen LogP contribution in [0.2, 0.25) is 5.02 Å². The van der Waals surface area contributed by atoms with Crippen molar-refractivity contribution < 1.29 is 0 Å². The lowest BCUT2D eigenvalue weighted by molar-refractivity contribution is 0.459. The fraction of sp³-hybridized carbons (Fsp3) is 0.208. The standard InChI is InChI=1S/C24H20ClN5/c25-20-7-5-19(6-8-20)24-21(18-3-1-16(12-26)2-4-18)11-23-22(29-24)14-28-30(23)15-17-9-10-27-13-17/h1-8,11,14,17,27H,9-10,13,15H2. The van der Waals surface area contributed by atoms with E-state index in [1.165, 1.54) is 6.42 Å². The van der Waals surface area contributed by atoms with E-state index < -0.39 is 0 Å². The Bertz CT molecular complexity index is 1230. The molecule has 5 rings (SSSR count). The van der Waals surface area contributed by atoms with Crippen molar-refractivity contribution in [1.29, 1.82) is 5.26 Å². The van der Waals surface area contributed by atoms with Gasteiger partial charge in [-0.3, -0.25) is 4.68 Å². The van der Waals surface area contributed by atoms with Crippen LogP contribution in [-0.4, -0.2) is 27.9 Å². The number of aromatic nitrogens is 3. The number of pyridine rings is 1. The summed E-state index contributed by atoms with van der Waals surface area (Å²) in [6.45, 7) is 2.98. The maximum atomic E-state index is 9.15. The number of hydrogen-bond acceptors (Lipinski definition) is 4. The Kier molecular flexibility index (Phi) is 4.96. The predicted octanol–water partition coefficient (Wildman–Crippen LogP) is 4.90. The zero-order chi connectivity index (χ0) is 20.5. The molecule has 1 aliphatic heterocycles. The molecule has 148 valence electrons. The first-order valence-electron chi connectivity index (χ1n) is 10.0. The summed E-state index contributed by atoms with van der Waals surface area (Å²) in [6, 6.07) is 19.7. The van der Waals surface area contributed by atoms with Gasteiger partial charge in [0, 0.05) is 22.7 Å². The molecule has 0 aliphatic carbocycles. The Morgan fingerprint density at radius 3 is 2.57 bits per heavy atom. The minimum atomic E-state index is 0.586. The van der Waals surface area contributed by atoms with E-state index in [9.17, 15) is 0 Å². The van der Waals surface area contributed by atoms with Gasteiger partial charge in [-0.15, -0.1) is 0 Å². The van der Waals surface area contributed by atoms with Crippen molar-refractivity contribution >= 4 is 22.6 Å². The van der Waals surface area contributed by atoms with Gasteiger partial charge in [-0.2, -0.15) is 10.4 Å². The fourth-order valence-corrected chi connectivity index (χ4v) is 4.16. The van der Waals surface area contributed by atoms with Crippen LogP contribution in [0, 0.1) is 17.2 Å². The number of halogens is 1. The van der Waals surface area contributed by atoms with Gasteiger partial charge in [-0.05, 0) is 61.3 Å². The number of benzene rings is 2. The van der Waals surface area contributed by atoms with Gasteiger partial charge >= 0.3 is 0 Å². The van der Waals surface area contributed by atoms with Crippen molar-refractivity contribution in [1.82, 2.24) is 20.1 Å². The third-order valence-corrected chi connectivity index (χ3v) is 5.92. The van der Waals surface area contributed by atoms with Crippen LogP contribution in [0.3, 0.4) is 0 Å². The van der Waals surface area contributed by atoms with Crippen LogP contribution in [0.1, 0.15) is 12.0 Å². The zero-order valence-electron chi connectivity index (χ0n) is 16.3. The third kappa shape index (κ3) is 3.56. The van der Waals surface area contributed by atoms with Crippen molar-refractivity contribution in [2.24, 2.45) is 5.92 Å². The monoisotopic (exact) mass is 413 g/mol. The zero-order valence-corrected chi connectivity index (χ0v) is 17.1. The van der Waals surface area contributed by atoms with Gasteiger partial charge in [-0.25, -0.2) is 4.98 Å². The summed E-state index contributed by atoms with van der Waals surface area (Å²) < 4.78 is 2.07. The van der Waals surface area contributed by atoms with Crippen LogP contribution >= 0.6 is 11.6 Å². The van der Waals surface area contributed by atoms with Crippen molar-refractivity contribution in [2.45, 2.75) is 13.0 Å². The minimum absolute atomic E-state index is 0.586. The number of nitrogens with one attached hydrogen (secondary N) is 1. The Balaban J connectivity index is 1.66. The van der Waals surface area contributed by atoms with Crippen molar-refractivity contribution in [3.05, 3.63) is 71.4 Å². The molecule has 5 nitrogen and oxygen atoms in total. The molecule has 1 atom stereocenters. The smallest absolute Gasteiger partial charge is 0.109 e. The summed E-state index contributed by atoms with van der Waals surface area (Å²) in [5.74, 6) is 0.586. The quantitative estimate of drug-likeness (QED) is 0.516. The highest BCUT2D eigenvalue weighted by molar-refractivity contribution is 6.30. The fourth-order valence-electron chi connectivity index (χ4n) is 4.04. The van der Waals surface area contributed by atoms with Crippen LogP contribution < -0.4 is 5.32 Å². The second-order valence-electron chi connectivity index (χ2n) is 7.67. The minimum Gasteiger partial charge on any atom is -0.316 e. The first-order valence-corrected chi connectivity index (χ1v) is 10.4. The molecule has 6 heteroatoms. The normalized spacial score (nSPS) is 16.1. The predicted molar refractivity (Wildman–Crippen MR) is 119 cm³/mol. The van der Waals surface area contributed by atoms with Crippen molar-refractivity contribution in [3.8, 4) is 28.5 Å². The molecule has 1 N–H and O–H groups in total. The van der Waals surface area contributed by atoms with E-state index in [4.69, 9.17) is 21.8 Å². The highest BCUT2D eigenvalue weighted by Crippen LogP contribution is 2.34. The van der Waals surface area contributed by atoms with Crippen molar-refractivity contribution in [3.63, 3.8) is 0 Å². The van der Waals surface area contributed by atoms with Gasteiger partial charge in [0.15, 0.2) is 0 Å². The van der Waals surface area contributed by atoms with Gasteiger partial charge in [-0.1, -0.05) is 35.9 Å². The summed E-state index contributed by atoms with van der Waals surface area (Å²) in [5, 5.41) is 17.9. The molecule has 0 bridgehead atoms. The largest absolute Gasteiger partial charge is 0.316 e. The summed E-state index contributed by atoms with van der Waals surface area (Å²) >= 11 is 6.10. The molecule has 1 aliphatic rings. The Labute approximate surface area is 179 Å². The molecular formula is C24H20ClN5. The molecule has 0 amide bonds. The average molecular weight is 414 g/mol. The maximum absolute atomic E-state index is 9.15. The first kappa shape index (κ1) is 18.8. The highest BCUT2D eigenvalue weighted by atomic mass is 35.5. The average Bonchev–Trinajstić information content (AvgIpc) is 3.44. The number of nitriles is 1. The first-order chi connectivity index (χ1) is 14.7. The number of hydrogen-bond donors (Lipinski definition) is 1. The Morgan fingerprint density at radius 1 is 1.10 bits per heavy atom. The van der Waals surface area contributed by atoms with E-state index in [1.54, 1.807) is 0 Å². The van der Waals surface area contributed by atoms with Crippen LogP contribution in [0.4, 0.5) is 0 Å². The van der Waals surface area contributed by atoms with Gasteiger partial charge in [0.1, 0.15) is 5.52 Å². The third-order valence-electron chi connectivity index (χ3n) is 5.66. The van der Waals surface area contributed by atoms with Crippen LogP contribution in [0.25, 0.3) is 33.4 Å². The Morgan fingerprint density at radius 2 is 1.87 bits per heavy atom. The van der Waals surface area contributed by atoms with Crippen LogP contribution in [-0.2, 0) is 6.54 Å². The summed E-state index contributed by atoms with van der Waals surface area (Å²) in [4.78, 5) is 4.98. The van der Waals surface area contributed by atoms with Gasteiger partial charge in [0.05, 0.1) is 29.0 Å². The van der Waals surface area contributed by atoms with Crippen LogP contribution in [0.5, 0.6) is 0 Å². The SMILES string of the molecule is N#Cc1ccc(-c2cc3c(cnn3CC3CCNC3)nc2-c2ccc(Cl)cc2)cc1. The van der Waals surface area contributed by atoms with Gasteiger partial charge in [0.25, 0.3) is 0 Å². The topological polar surface area (TPSA) is 66.5 Å². The maximum Gasteiger partial charge on any atom is 0.109 e. The lowest BCUT2D eigenvalue weighted by atomic mass is 9.98. The highest BCUT2D eigenvalue weighted by Gasteiger charge is 2.19. The number of fused-ring (bicyclic) bond motifs is 1. The van der Waals surface area contributed by atoms with E-state index >= 15 is 0 Å².